The van der Waals surface area contributed by atoms with E-state index in [1.54, 1.807) is 27.7 Å². The van der Waals surface area contributed by atoms with Crippen molar-refractivity contribution in [3.63, 3.8) is 0 Å². The quantitative estimate of drug-likeness (QED) is 0.526. The van der Waals surface area contributed by atoms with Gasteiger partial charge in [0.2, 0.25) is 5.91 Å². The molecule has 0 heterocycles. The van der Waals surface area contributed by atoms with Crippen LogP contribution >= 0.6 is 0 Å². The number of alkyl carbamates (subject to hydrolysis) is 1. The van der Waals surface area contributed by atoms with Crippen LogP contribution in [0.25, 0.3) is 0 Å². The summed E-state index contributed by atoms with van der Waals surface area (Å²) in [5, 5.41) is 5.23. The van der Waals surface area contributed by atoms with E-state index in [1.807, 2.05) is 30.3 Å². The van der Waals surface area contributed by atoms with Crippen molar-refractivity contribution in [3.8, 4) is 0 Å². The molecule has 0 spiro atoms. The van der Waals surface area contributed by atoms with Gasteiger partial charge < -0.3 is 20.1 Å². The van der Waals surface area contributed by atoms with E-state index < -0.39 is 35.7 Å². The molecule has 2 N–H and O–H groups in total. The normalized spacial score (nSPS) is 13.0. The zero-order valence-corrected chi connectivity index (χ0v) is 17.2. The van der Waals surface area contributed by atoms with Crippen LogP contribution in [0.3, 0.4) is 0 Å². The van der Waals surface area contributed by atoms with Crippen molar-refractivity contribution in [1.29, 1.82) is 0 Å². The molecule has 1 rings (SSSR count). The van der Waals surface area contributed by atoms with E-state index in [9.17, 15) is 14.4 Å². The summed E-state index contributed by atoms with van der Waals surface area (Å²) >= 11 is 0. The third-order valence-corrected chi connectivity index (χ3v) is 3.64. The molecule has 0 saturated carbocycles. The number of hydrogen-bond donors (Lipinski definition) is 2. The van der Waals surface area contributed by atoms with E-state index in [2.05, 4.69) is 17.2 Å². The summed E-state index contributed by atoms with van der Waals surface area (Å²) in [4.78, 5) is 37.0. The van der Waals surface area contributed by atoms with Gasteiger partial charge in [-0.2, -0.15) is 0 Å². The average molecular weight is 390 g/mol. The minimum atomic E-state index is -0.922. The highest BCUT2D eigenvalue weighted by Gasteiger charge is 2.29. The lowest BCUT2D eigenvalue weighted by atomic mass is 10.0. The van der Waals surface area contributed by atoms with Crippen LogP contribution in [0.4, 0.5) is 4.79 Å². The molecule has 0 aliphatic heterocycles. The van der Waals surface area contributed by atoms with Gasteiger partial charge in [-0.15, -0.1) is 6.58 Å². The van der Waals surface area contributed by atoms with E-state index in [4.69, 9.17) is 9.47 Å². The number of carbonyl (C=O) groups excluding carboxylic acids is 3. The molecule has 7 heteroatoms. The second kappa shape index (κ2) is 10.5. The fourth-order valence-electron chi connectivity index (χ4n) is 2.47. The molecule has 154 valence electrons. The van der Waals surface area contributed by atoms with Crippen molar-refractivity contribution >= 4 is 18.0 Å². The third kappa shape index (κ3) is 8.70. The van der Waals surface area contributed by atoms with Gasteiger partial charge in [-0.05, 0) is 39.7 Å². The van der Waals surface area contributed by atoms with Crippen LogP contribution in [-0.4, -0.2) is 42.8 Å². The first-order valence-corrected chi connectivity index (χ1v) is 9.08. The number of rotatable bonds is 8. The van der Waals surface area contributed by atoms with Crippen molar-refractivity contribution in [1.82, 2.24) is 10.6 Å². The first kappa shape index (κ1) is 23.2. The maximum atomic E-state index is 12.8. The summed E-state index contributed by atoms with van der Waals surface area (Å²) in [6, 6.07) is 7.45. The number of hydrogen-bond acceptors (Lipinski definition) is 5. The van der Waals surface area contributed by atoms with Gasteiger partial charge in [-0.25, -0.2) is 9.59 Å². The van der Waals surface area contributed by atoms with E-state index >= 15 is 0 Å². The van der Waals surface area contributed by atoms with Crippen LogP contribution in [0, 0.1) is 0 Å². The van der Waals surface area contributed by atoms with Gasteiger partial charge in [0, 0.05) is 6.42 Å². The number of nitrogens with one attached hydrogen (secondary N) is 2. The number of amides is 2. The lowest BCUT2D eigenvalue weighted by Crippen LogP contribution is -2.53. The van der Waals surface area contributed by atoms with Crippen molar-refractivity contribution in [2.75, 3.05) is 7.11 Å². The van der Waals surface area contributed by atoms with E-state index in [0.717, 1.165) is 11.1 Å². The molecule has 0 fully saturated rings. The largest absolute Gasteiger partial charge is 0.467 e. The summed E-state index contributed by atoms with van der Waals surface area (Å²) in [6.45, 7) is 10.7. The standard InChI is InChI=1S/C21H30N2O5/c1-14(2)12-17(19(25)27-6)22-18(24)16(13-15-10-8-7-9-11-15)23-20(26)28-21(3,4)5/h7-11,16-17H,1,12-13H2,2-6H3,(H,22,24)(H,23,26)/t16-,17?/m0/s1. The highest BCUT2D eigenvalue weighted by atomic mass is 16.6. The molecule has 1 aromatic carbocycles. The zero-order valence-electron chi connectivity index (χ0n) is 17.2. The Balaban J connectivity index is 2.97. The Bertz CT molecular complexity index is 694. The molecule has 1 unspecified atom stereocenters. The lowest BCUT2D eigenvalue weighted by Gasteiger charge is -2.25. The molecule has 0 radical (unpaired) electrons. The first-order valence-electron chi connectivity index (χ1n) is 9.08. The predicted octanol–water partition coefficient (Wildman–Crippen LogP) is 2.75. The minimum absolute atomic E-state index is 0.239. The Morgan fingerprint density at radius 1 is 1.07 bits per heavy atom. The van der Waals surface area contributed by atoms with Gasteiger partial charge in [0.15, 0.2) is 0 Å². The predicted molar refractivity (Wildman–Crippen MR) is 107 cm³/mol. The summed E-state index contributed by atoms with van der Waals surface area (Å²) in [5.74, 6) is -1.08. The van der Waals surface area contributed by atoms with Crippen LogP contribution in [0.15, 0.2) is 42.5 Å². The van der Waals surface area contributed by atoms with Crippen molar-refractivity contribution in [3.05, 3.63) is 48.0 Å². The van der Waals surface area contributed by atoms with Crippen LogP contribution in [0.5, 0.6) is 0 Å². The smallest absolute Gasteiger partial charge is 0.408 e. The van der Waals surface area contributed by atoms with Crippen molar-refractivity contribution < 1.29 is 23.9 Å². The maximum Gasteiger partial charge on any atom is 0.408 e. The number of carbonyl (C=O) groups is 3. The van der Waals surface area contributed by atoms with Crippen molar-refractivity contribution in [2.45, 2.75) is 58.2 Å². The molecule has 2 amide bonds. The summed E-state index contributed by atoms with van der Waals surface area (Å²) in [6.07, 6.45) is -0.228. The molecule has 2 atom stereocenters. The van der Waals surface area contributed by atoms with Gasteiger partial charge in [0.25, 0.3) is 0 Å². The second-order valence-corrected chi connectivity index (χ2v) is 7.63. The van der Waals surface area contributed by atoms with Gasteiger partial charge in [0.05, 0.1) is 7.11 Å². The molecule has 1 aromatic rings. The highest BCUT2D eigenvalue weighted by Crippen LogP contribution is 2.10. The molecule has 0 aromatic heterocycles. The van der Waals surface area contributed by atoms with Gasteiger partial charge in [-0.3, -0.25) is 4.79 Å². The second-order valence-electron chi connectivity index (χ2n) is 7.63. The highest BCUT2D eigenvalue weighted by molar-refractivity contribution is 5.90. The summed E-state index contributed by atoms with van der Waals surface area (Å²) in [7, 11) is 1.25. The van der Waals surface area contributed by atoms with Gasteiger partial charge >= 0.3 is 12.1 Å². The zero-order chi connectivity index (χ0) is 21.3. The SMILES string of the molecule is C=C(C)CC(NC(=O)[C@H](Cc1ccccc1)NC(=O)OC(C)(C)C)C(=O)OC. The number of benzene rings is 1. The Hall–Kier alpha value is -2.83. The van der Waals surface area contributed by atoms with E-state index in [0.29, 0.717) is 0 Å². The lowest BCUT2D eigenvalue weighted by molar-refractivity contribution is -0.145. The van der Waals surface area contributed by atoms with Gasteiger partial charge in [-0.1, -0.05) is 35.9 Å². The number of esters is 1. The molecule has 7 nitrogen and oxygen atoms in total. The van der Waals surface area contributed by atoms with Gasteiger partial charge in [0.1, 0.15) is 17.7 Å². The molecule has 0 aliphatic carbocycles. The Morgan fingerprint density at radius 2 is 1.68 bits per heavy atom. The average Bonchev–Trinajstić information content (AvgIpc) is 2.58. The van der Waals surface area contributed by atoms with Crippen LogP contribution < -0.4 is 10.6 Å². The number of ether oxygens (including phenoxy) is 2. The Morgan fingerprint density at radius 3 is 2.18 bits per heavy atom. The van der Waals surface area contributed by atoms with Crippen molar-refractivity contribution in [2.24, 2.45) is 0 Å². The Kier molecular flexibility index (Phi) is 8.70. The van der Waals surface area contributed by atoms with Crippen LogP contribution in [0.1, 0.15) is 39.7 Å². The molecule has 0 bridgehead atoms. The maximum absolute atomic E-state index is 12.8. The minimum Gasteiger partial charge on any atom is -0.467 e. The summed E-state index contributed by atoms with van der Waals surface area (Å²) in [5.41, 5.74) is 0.871. The van der Waals surface area contributed by atoms with Crippen LogP contribution in [-0.2, 0) is 25.5 Å². The first-order chi connectivity index (χ1) is 13.0. The molecule has 0 aliphatic rings. The van der Waals surface area contributed by atoms with E-state index in [1.165, 1.54) is 7.11 Å². The Labute approximate surface area is 166 Å². The monoisotopic (exact) mass is 390 g/mol. The molecule has 28 heavy (non-hydrogen) atoms. The topological polar surface area (TPSA) is 93.7 Å². The molecular formula is C21H30N2O5. The number of methoxy groups -OCH3 is 1. The molecule has 0 saturated heterocycles. The van der Waals surface area contributed by atoms with Crippen LogP contribution in [0.2, 0.25) is 0 Å². The fourth-order valence-corrected chi connectivity index (χ4v) is 2.47. The van der Waals surface area contributed by atoms with E-state index in [-0.39, 0.29) is 12.8 Å². The summed E-state index contributed by atoms with van der Waals surface area (Å²) < 4.78 is 10.0. The third-order valence-electron chi connectivity index (χ3n) is 3.64. The molecular weight excluding hydrogens is 360 g/mol. The fraction of sp³-hybridized carbons (Fsp3) is 0.476.